The van der Waals surface area contributed by atoms with Gasteiger partial charge in [0.2, 0.25) is 0 Å². The molecule has 0 fully saturated rings. The average molecular weight is 268 g/mol. The zero-order valence-corrected chi connectivity index (χ0v) is 12.1. The van der Waals surface area contributed by atoms with Gasteiger partial charge in [-0.2, -0.15) is 0 Å². The van der Waals surface area contributed by atoms with Crippen LogP contribution in [0.3, 0.4) is 0 Å². The maximum absolute atomic E-state index is 4.83. The molecule has 1 aliphatic carbocycles. The molecule has 104 valence electrons. The lowest BCUT2D eigenvalue weighted by Crippen LogP contribution is -2.07. The number of rotatable bonds is 2. The van der Waals surface area contributed by atoms with Gasteiger partial charge in [-0.15, -0.1) is 0 Å². The Morgan fingerprint density at radius 1 is 1.10 bits per heavy atom. The van der Waals surface area contributed by atoms with Crippen LogP contribution in [-0.4, -0.2) is 22.0 Å². The van der Waals surface area contributed by atoms with Crippen LogP contribution in [-0.2, 0) is 12.8 Å². The molecule has 2 aromatic heterocycles. The van der Waals surface area contributed by atoms with Crippen molar-refractivity contribution in [2.45, 2.75) is 39.0 Å². The molecule has 3 rings (SSSR count). The van der Waals surface area contributed by atoms with E-state index in [0.717, 1.165) is 35.6 Å². The van der Waals surface area contributed by atoms with E-state index in [1.54, 1.807) is 6.20 Å². The summed E-state index contributed by atoms with van der Waals surface area (Å²) < 4.78 is 0. The summed E-state index contributed by atoms with van der Waals surface area (Å²) in [4.78, 5) is 13.7. The highest BCUT2D eigenvalue weighted by molar-refractivity contribution is 5.62. The topological polar surface area (TPSA) is 50.7 Å². The van der Waals surface area contributed by atoms with Gasteiger partial charge in [0.05, 0.1) is 0 Å². The third-order valence-corrected chi connectivity index (χ3v) is 3.93. The molecule has 2 aromatic rings. The molecule has 0 bridgehead atoms. The molecule has 0 aliphatic heterocycles. The summed E-state index contributed by atoms with van der Waals surface area (Å²) in [5.74, 6) is 1.80. The molecule has 2 heterocycles. The van der Waals surface area contributed by atoms with Crippen LogP contribution in [0, 0.1) is 6.92 Å². The van der Waals surface area contributed by atoms with E-state index in [1.165, 1.54) is 30.5 Å². The third kappa shape index (κ3) is 2.38. The van der Waals surface area contributed by atoms with Gasteiger partial charge in [0.15, 0.2) is 5.82 Å². The molecule has 0 saturated carbocycles. The molecular formula is C16H20N4. The maximum Gasteiger partial charge on any atom is 0.162 e. The van der Waals surface area contributed by atoms with Gasteiger partial charge in [-0.1, -0.05) is 6.42 Å². The van der Waals surface area contributed by atoms with Crippen molar-refractivity contribution in [2.75, 3.05) is 12.4 Å². The minimum absolute atomic E-state index is 0.815. The van der Waals surface area contributed by atoms with E-state index in [2.05, 4.69) is 17.2 Å². The van der Waals surface area contributed by atoms with E-state index in [9.17, 15) is 0 Å². The van der Waals surface area contributed by atoms with Crippen molar-refractivity contribution < 1.29 is 0 Å². The first-order valence-corrected chi connectivity index (χ1v) is 7.28. The first-order valence-electron chi connectivity index (χ1n) is 7.28. The Morgan fingerprint density at radius 2 is 1.95 bits per heavy atom. The van der Waals surface area contributed by atoms with Crippen LogP contribution in [0.15, 0.2) is 18.5 Å². The average Bonchev–Trinajstić information content (AvgIpc) is 2.72. The summed E-state index contributed by atoms with van der Waals surface area (Å²) in [5.41, 5.74) is 4.71. The quantitative estimate of drug-likeness (QED) is 0.850. The minimum atomic E-state index is 0.815. The number of nitrogens with zero attached hydrogens (tertiary/aromatic N) is 3. The highest BCUT2D eigenvalue weighted by atomic mass is 15.0. The summed E-state index contributed by atoms with van der Waals surface area (Å²) in [7, 11) is 1.94. The predicted molar refractivity (Wildman–Crippen MR) is 80.8 cm³/mol. The molecule has 4 nitrogen and oxygen atoms in total. The van der Waals surface area contributed by atoms with Gasteiger partial charge in [0, 0.05) is 36.3 Å². The van der Waals surface area contributed by atoms with Crippen LogP contribution >= 0.6 is 0 Å². The fraction of sp³-hybridized carbons (Fsp3) is 0.438. The molecule has 1 aliphatic rings. The number of hydrogen-bond donors (Lipinski definition) is 1. The van der Waals surface area contributed by atoms with Gasteiger partial charge in [0.1, 0.15) is 5.82 Å². The summed E-state index contributed by atoms with van der Waals surface area (Å²) in [6.45, 7) is 2.05. The van der Waals surface area contributed by atoms with Gasteiger partial charge in [-0.05, 0) is 44.2 Å². The standard InChI is InChI=1S/C16H20N4/c1-11-10-18-9-8-12(11)16-19-14-7-5-3-4-6-13(14)15(17-2)20-16/h8-10H,3-7H2,1-2H3,(H,17,19,20). The van der Waals surface area contributed by atoms with E-state index < -0.39 is 0 Å². The molecule has 4 heteroatoms. The number of fused-ring (bicyclic) bond motifs is 1. The highest BCUT2D eigenvalue weighted by Gasteiger charge is 2.17. The van der Waals surface area contributed by atoms with Crippen LogP contribution < -0.4 is 5.32 Å². The number of aryl methyl sites for hydroxylation is 2. The van der Waals surface area contributed by atoms with Crippen LogP contribution in [0.5, 0.6) is 0 Å². The Morgan fingerprint density at radius 3 is 2.75 bits per heavy atom. The van der Waals surface area contributed by atoms with E-state index in [1.807, 2.05) is 19.3 Å². The van der Waals surface area contributed by atoms with Gasteiger partial charge < -0.3 is 5.32 Å². The number of aromatic nitrogens is 3. The van der Waals surface area contributed by atoms with Crippen molar-refractivity contribution in [2.24, 2.45) is 0 Å². The minimum Gasteiger partial charge on any atom is -0.373 e. The number of hydrogen-bond acceptors (Lipinski definition) is 4. The van der Waals surface area contributed by atoms with Gasteiger partial charge in [0.25, 0.3) is 0 Å². The Kier molecular flexibility index (Phi) is 3.63. The van der Waals surface area contributed by atoms with E-state index >= 15 is 0 Å². The number of nitrogens with one attached hydrogen (secondary N) is 1. The molecular weight excluding hydrogens is 248 g/mol. The van der Waals surface area contributed by atoms with Crippen molar-refractivity contribution in [3.05, 3.63) is 35.3 Å². The molecule has 0 saturated heterocycles. The van der Waals surface area contributed by atoms with Gasteiger partial charge in [-0.3, -0.25) is 4.98 Å². The molecule has 0 unspecified atom stereocenters. The first-order chi connectivity index (χ1) is 9.79. The molecule has 0 amide bonds. The van der Waals surface area contributed by atoms with Crippen molar-refractivity contribution in [3.63, 3.8) is 0 Å². The second-order valence-corrected chi connectivity index (χ2v) is 5.32. The Balaban J connectivity index is 2.14. The second kappa shape index (κ2) is 5.57. The third-order valence-electron chi connectivity index (χ3n) is 3.93. The predicted octanol–water partition coefficient (Wildman–Crippen LogP) is 3.16. The van der Waals surface area contributed by atoms with Crippen molar-refractivity contribution in [1.29, 1.82) is 0 Å². The summed E-state index contributed by atoms with van der Waals surface area (Å²) in [5, 5.41) is 3.25. The molecule has 0 aromatic carbocycles. The Labute approximate surface area is 119 Å². The normalized spacial score (nSPS) is 14.5. The second-order valence-electron chi connectivity index (χ2n) is 5.32. The Bertz CT molecular complexity index is 622. The Hall–Kier alpha value is -1.97. The molecule has 0 spiro atoms. The molecule has 0 atom stereocenters. The number of anilines is 1. The SMILES string of the molecule is CNc1nc(-c2ccncc2C)nc2c1CCCCC2. The van der Waals surface area contributed by atoms with Gasteiger partial charge in [-0.25, -0.2) is 9.97 Å². The van der Waals surface area contributed by atoms with Crippen LogP contribution in [0.4, 0.5) is 5.82 Å². The smallest absolute Gasteiger partial charge is 0.162 e. The first kappa shape index (κ1) is 13.0. The summed E-state index contributed by atoms with van der Waals surface area (Å²) in [6.07, 6.45) is 9.55. The van der Waals surface area contributed by atoms with Crippen molar-refractivity contribution in [1.82, 2.24) is 15.0 Å². The monoisotopic (exact) mass is 268 g/mol. The molecule has 0 radical (unpaired) electrons. The van der Waals surface area contributed by atoms with Crippen molar-refractivity contribution in [3.8, 4) is 11.4 Å². The van der Waals surface area contributed by atoms with E-state index in [4.69, 9.17) is 9.97 Å². The van der Waals surface area contributed by atoms with Gasteiger partial charge >= 0.3 is 0 Å². The summed E-state index contributed by atoms with van der Waals surface area (Å²) >= 11 is 0. The zero-order valence-electron chi connectivity index (χ0n) is 12.1. The summed E-state index contributed by atoms with van der Waals surface area (Å²) in [6, 6.07) is 1.99. The van der Waals surface area contributed by atoms with E-state index in [-0.39, 0.29) is 0 Å². The van der Waals surface area contributed by atoms with Crippen LogP contribution in [0.2, 0.25) is 0 Å². The number of pyridine rings is 1. The highest BCUT2D eigenvalue weighted by Crippen LogP contribution is 2.28. The molecule has 1 N–H and O–H groups in total. The lowest BCUT2D eigenvalue weighted by molar-refractivity contribution is 0.709. The van der Waals surface area contributed by atoms with Crippen LogP contribution in [0.1, 0.15) is 36.1 Å². The lowest BCUT2D eigenvalue weighted by Gasteiger charge is -2.13. The zero-order chi connectivity index (χ0) is 13.9. The fourth-order valence-corrected chi connectivity index (χ4v) is 2.82. The molecule has 20 heavy (non-hydrogen) atoms. The lowest BCUT2D eigenvalue weighted by atomic mass is 10.1. The van der Waals surface area contributed by atoms with Crippen LogP contribution in [0.25, 0.3) is 11.4 Å². The largest absolute Gasteiger partial charge is 0.373 e. The maximum atomic E-state index is 4.83. The fourth-order valence-electron chi connectivity index (χ4n) is 2.82. The van der Waals surface area contributed by atoms with E-state index in [0.29, 0.717) is 0 Å². The van der Waals surface area contributed by atoms with Crippen molar-refractivity contribution >= 4 is 5.82 Å².